The second-order valence-electron chi connectivity index (χ2n) is 5.25. The zero-order valence-corrected chi connectivity index (χ0v) is 14.1. The number of urea groups is 1. The highest BCUT2D eigenvalue weighted by Crippen LogP contribution is 2.28. The molecule has 6 nitrogen and oxygen atoms in total. The van der Waals surface area contributed by atoms with Gasteiger partial charge >= 0.3 is 6.03 Å². The van der Waals surface area contributed by atoms with Crippen molar-refractivity contribution in [1.82, 2.24) is 10.7 Å². The number of carbonyl (C=O) groups is 2. The van der Waals surface area contributed by atoms with Gasteiger partial charge < -0.3 is 4.74 Å². The van der Waals surface area contributed by atoms with E-state index < -0.39 is 6.03 Å². The van der Waals surface area contributed by atoms with Gasteiger partial charge in [0.2, 0.25) is 5.91 Å². The number of carbonyl (C=O) groups excluding carboxylic acids is 2. The molecule has 0 radical (unpaired) electrons. The summed E-state index contributed by atoms with van der Waals surface area (Å²) < 4.78 is 5.84. The average Bonchev–Trinajstić information content (AvgIpc) is 2.56. The normalized spacial score (nSPS) is 14.5. The third-order valence-electron chi connectivity index (χ3n) is 3.54. The molecule has 0 aromatic heterocycles. The number of ether oxygens (including phenoxy) is 1. The molecule has 1 aliphatic heterocycles. The molecule has 124 valence electrons. The monoisotopic (exact) mass is 343 g/mol. The van der Waals surface area contributed by atoms with Gasteiger partial charge in [-0.1, -0.05) is 0 Å². The summed E-state index contributed by atoms with van der Waals surface area (Å²) in [5, 5.41) is 3.55. The summed E-state index contributed by atoms with van der Waals surface area (Å²) in [7, 11) is 0. The Morgan fingerprint density at radius 3 is 2.42 bits per heavy atom. The van der Waals surface area contributed by atoms with E-state index in [1.165, 1.54) is 9.90 Å². The number of hydrogen-bond acceptors (Lipinski definition) is 5. The number of nitrogens with zero attached hydrogens (tertiary/aromatic N) is 1. The maximum atomic E-state index is 11.8. The van der Waals surface area contributed by atoms with E-state index in [2.05, 4.69) is 10.7 Å². The zero-order valence-electron chi connectivity index (χ0n) is 13.3. The summed E-state index contributed by atoms with van der Waals surface area (Å²) in [5.41, 5.74) is 4.54. The number of anilines is 1. The summed E-state index contributed by atoms with van der Waals surface area (Å²) in [5.74, 6) is 1.08. The fourth-order valence-corrected chi connectivity index (χ4v) is 2.95. The fourth-order valence-electron chi connectivity index (χ4n) is 2.36. The topological polar surface area (TPSA) is 70.7 Å². The first-order valence-corrected chi connectivity index (χ1v) is 8.59. The van der Waals surface area contributed by atoms with Crippen molar-refractivity contribution in [3.63, 3.8) is 0 Å². The fraction of sp³-hybridized carbons (Fsp3) is 0.176. The molecule has 2 aromatic carbocycles. The number of aryl methyl sites for hydroxylation is 1. The second-order valence-corrected chi connectivity index (χ2v) is 6.10. The quantitative estimate of drug-likeness (QED) is 0.835. The van der Waals surface area contributed by atoms with Crippen LogP contribution >= 0.6 is 11.8 Å². The summed E-state index contributed by atoms with van der Waals surface area (Å²) >= 11 is 1.70. The standard InChI is InChI=1S/C17H17N3O3S/c1-11-9-14(7-8-15(11)24-2)23-13-5-3-12(4-6-13)20-17(22)19-16(21)10-18-20/h3-9,18H,10H2,1-2H3,(H,19,21,22). The van der Waals surface area contributed by atoms with Crippen LogP contribution in [0.4, 0.5) is 10.5 Å². The first-order chi connectivity index (χ1) is 11.6. The number of hydrogen-bond donors (Lipinski definition) is 2. The van der Waals surface area contributed by atoms with Crippen LogP contribution in [0.25, 0.3) is 0 Å². The Labute approximate surface area is 144 Å². The second kappa shape index (κ2) is 6.94. The predicted octanol–water partition coefficient (Wildman–Crippen LogP) is 3.07. The molecule has 0 unspecified atom stereocenters. The number of rotatable bonds is 4. The molecule has 7 heteroatoms. The molecule has 0 saturated carbocycles. The van der Waals surface area contributed by atoms with Crippen LogP contribution in [-0.4, -0.2) is 24.7 Å². The van der Waals surface area contributed by atoms with Crippen LogP contribution in [0, 0.1) is 6.92 Å². The number of hydrazine groups is 1. The van der Waals surface area contributed by atoms with Crippen LogP contribution in [0.1, 0.15) is 5.56 Å². The molecule has 2 N–H and O–H groups in total. The molecule has 0 spiro atoms. The van der Waals surface area contributed by atoms with Crippen LogP contribution < -0.4 is 20.5 Å². The van der Waals surface area contributed by atoms with E-state index in [-0.39, 0.29) is 12.5 Å². The molecule has 0 aliphatic carbocycles. The third-order valence-corrected chi connectivity index (χ3v) is 4.44. The van der Waals surface area contributed by atoms with E-state index in [9.17, 15) is 9.59 Å². The van der Waals surface area contributed by atoms with Crippen molar-refractivity contribution in [2.75, 3.05) is 17.8 Å². The first kappa shape index (κ1) is 16.4. The molecule has 1 saturated heterocycles. The van der Waals surface area contributed by atoms with Crippen LogP contribution in [0.2, 0.25) is 0 Å². The molecule has 24 heavy (non-hydrogen) atoms. The van der Waals surface area contributed by atoms with E-state index in [1.807, 2.05) is 31.4 Å². The third kappa shape index (κ3) is 3.52. The van der Waals surface area contributed by atoms with Gasteiger partial charge in [-0.2, -0.15) is 0 Å². The molecule has 3 rings (SSSR count). The Hall–Kier alpha value is -2.51. The van der Waals surface area contributed by atoms with Gasteiger partial charge in [0.25, 0.3) is 0 Å². The number of amides is 3. The number of nitrogens with one attached hydrogen (secondary N) is 2. The van der Waals surface area contributed by atoms with E-state index in [1.54, 1.807) is 36.0 Å². The lowest BCUT2D eigenvalue weighted by Crippen LogP contribution is -2.59. The summed E-state index contributed by atoms with van der Waals surface area (Å²) in [6.07, 6.45) is 2.04. The minimum absolute atomic E-state index is 0.0606. The molecular weight excluding hydrogens is 326 g/mol. The highest BCUT2D eigenvalue weighted by atomic mass is 32.2. The Bertz CT molecular complexity index is 777. The van der Waals surface area contributed by atoms with Crippen molar-refractivity contribution >= 4 is 29.4 Å². The van der Waals surface area contributed by atoms with E-state index in [4.69, 9.17) is 4.74 Å². The van der Waals surface area contributed by atoms with Gasteiger partial charge in [-0.05, 0) is 61.2 Å². The van der Waals surface area contributed by atoms with Crippen molar-refractivity contribution < 1.29 is 14.3 Å². The maximum Gasteiger partial charge on any atom is 0.343 e. The minimum Gasteiger partial charge on any atom is -0.457 e. The average molecular weight is 343 g/mol. The summed E-state index contributed by atoms with van der Waals surface area (Å²) in [6, 6.07) is 12.5. The van der Waals surface area contributed by atoms with Crippen LogP contribution in [0.15, 0.2) is 47.4 Å². The maximum absolute atomic E-state index is 11.8. The highest BCUT2D eigenvalue weighted by Gasteiger charge is 2.23. The SMILES string of the molecule is CSc1ccc(Oc2ccc(N3NCC(=O)NC3=O)cc2)cc1C. The first-order valence-electron chi connectivity index (χ1n) is 7.37. The van der Waals surface area contributed by atoms with Crippen molar-refractivity contribution in [1.29, 1.82) is 0 Å². The Kier molecular flexibility index (Phi) is 4.73. The molecule has 2 aromatic rings. The summed E-state index contributed by atoms with van der Waals surface area (Å²) in [6.45, 7) is 2.11. The van der Waals surface area contributed by atoms with Gasteiger partial charge in [-0.25, -0.2) is 15.2 Å². The van der Waals surface area contributed by atoms with Gasteiger partial charge in [0.05, 0.1) is 12.2 Å². The van der Waals surface area contributed by atoms with Gasteiger partial charge in [0.15, 0.2) is 0 Å². The van der Waals surface area contributed by atoms with E-state index in [0.717, 1.165) is 11.3 Å². The molecule has 1 heterocycles. The van der Waals surface area contributed by atoms with Crippen molar-refractivity contribution in [3.8, 4) is 11.5 Å². The molecule has 1 fully saturated rings. The summed E-state index contributed by atoms with van der Waals surface area (Å²) in [4.78, 5) is 24.1. The number of imide groups is 1. The van der Waals surface area contributed by atoms with Gasteiger partial charge in [0, 0.05) is 4.90 Å². The lowest BCUT2D eigenvalue weighted by Gasteiger charge is -2.27. The van der Waals surface area contributed by atoms with Gasteiger partial charge in [0.1, 0.15) is 11.5 Å². The van der Waals surface area contributed by atoms with Gasteiger partial charge in [-0.15, -0.1) is 11.8 Å². The number of benzene rings is 2. The minimum atomic E-state index is -0.497. The Morgan fingerprint density at radius 1 is 1.08 bits per heavy atom. The molecule has 1 aliphatic rings. The van der Waals surface area contributed by atoms with E-state index >= 15 is 0 Å². The van der Waals surface area contributed by atoms with Crippen molar-refractivity contribution in [2.45, 2.75) is 11.8 Å². The van der Waals surface area contributed by atoms with Crippen LogP contribution in [0.5, 0.6) is 11.5 Å². The number of thioether (sulfide) groups is 1. The lowest BCUT2D eigenvalue weighted by atomic mass is 10.2. The predicted molar refractivity (Wildman–Crippen MR) is 93.5 cm³/mol. The molecule has 0 atom stereocenters. The lowest BCUT2D eigenvalue weighted by molar-refractivity contribution is -0.119. The molecular formula is C17H17N3O3S. The van der Waals surface area contributed by atoms with E-state index in [0.29, 0.717) is 11.4 Å². The smallest absolute Gasteiger partial charge is 0.343 e. The van der Waals surface area contributed by atoms with Crippen molar-refractivity contribution in [3.05, 3.63) is 48.0 Å². The Balaban J connectivity index is 1.72. The largest absolute Gasteiger partial charge is 0.457 e. The van der Waals surface area contributed by atoms with Crippen molar-refractivity contribution in [2.24, 2.45) is 0 Å². The highest BCUT2D eigenvalue weighted by molar-refractivity contribution is 7.98. The van der Waals surface area contributed by atoms with Gasteiger partial charge in [-0.3, -0.25) is 10.1 Å². The Morgan fingerprint density at radius 2 is 1.79 bits per heavy atom. The molecule has 0 bridgehead atoms. The van der Waals surface area contributed by atoms with Crippen LogP contribution in [-0.2, 0) is 4.79 Å². The van der Waals surface area contributed by atoms with Crippen LogP contribution in [0.3, 0.4) is 0 Å². The zero-order chi connectivity index (χ0) is 17.1. The molecule has 3 amide bonds.